The first kappa shape index (κ1) is 23.9. The zero-order valence-corrected chi connectivity index (χ0v) is 13.8. The van der Waals surface area contributed by atoms with Gasteiger partial charge in [0.25, 0.3) is 0 Å². The molecule has 0 aliphatic carbocycles. The third-order valence-corrected chi connectivity index (χ3v) is 1.76. The van der Waals surface area contributed by atoms with E-state index in [4.69, 9.17) is 9.84 Å². The topological polar surface area (TPSA) is 87.7 Å². The minimum absolute atomic E-state index is 0.139. The van der Waals surface area contributed by atoms with Crippen molar-refractivity contribution in [3.63, 3.8) is 0 Å². The van der Waals surface area contributed by atoms with Gasteiger partial charge in [0.05, 0.1) is 19.1 Å². The Morgan fingerprint density at radius 3 is 1.95 bits per heavy atom. The molecule has 122 valence electrons. The van der Waals surface area contributed by atoms with Crippen LogP contribution < -0.4 is 10.6 Å². The van der Waals surface area contributed by atoms with Crippen LogP contribution in [0.4, 0.5) is 0 Å². The summed E-state index contributed by atoms with van der Waals surface area (Å²) in [4.78, 5) is 21.8. The molecule has 0 aromatic rings. The van der Waals surface area contributed by atoms with Gasteiger partial charge in [-0.1, -0.05) is 34.1 Å². The van der Waals surface area contributed by atoms with Crippen LogP contribution in [0.2, 0.25) is 0 Å². The SMILES string of the molecule is CC.CCC.COCC(CO)C(=O)NCCNC(C)=O. The van der Waals surface area contributed by atoms with Crippen molar-refractivity contribution in [2.75, 3.05) is 33.4 Å². The highest BCUT2D eigenvalue weighted by Gasteiger charge is 2.16. The summed E-state index contributed by atoms with van der Waals surface area (Å²) in [7, 11) is 1.47. The first-order valence-corrected chi connectivity index (χ1v) is 7.15. The number of methoxy groups -OCH3 is 1. The maximum Gasteiger partial charge on any atom is 0.227 e. The summed E-state index contributed by atoms with van der Waals surface area (Å²) in [5.74, 6) is -0.961. The van der Waals surface area contributed by atoms with Gasteiger partial charge in [0.1, 0.15) is 0 Å². The molecule has 6 nitrogen and oxygen atoms in total. The predicted molar refractivity (Wildman–Crippen MR) is 81.5 cm³/mol. The van der Waals surface area contributed by atoms with Crippen LogP contribution in [0.15, 0.2) is 0 Å². The fourth-order valence-corrected chi connectivity index (χ4v) is 0.981. The number of carbonyl (C=O) groups is 2. The summed E-state index contributed by atoms with van der Waals surface area (Å²) in [6.45, 7) is 10.3. The van der Waals surface area contributed by atoms with Gasteiger partial charge in [-0.3, -0.25) is 9.59 Å². The van der Waals surface area contributed by atoms with Crippen LogP contribution in [-0.2, 0) is 14.3 Å². The number of nitrogens with one attached hydrogen (secondary N) is 2. The molecule has 0 aliphatic rings. The first-order valence-electron chi connectivity index (χ1n) is 7.15. The Morgan fingerprint density at radius 1 is 1.15 bits per heavy atom. The minimum Gasteiger partial charge on any atom is -0.395 e. The van der Waals surface area contributed by atoms with Crippen LogP contribution in [0.5, 0.6) is 0 Å². The fourth-order valence-electron chi connectivity index (χ4n) is 0.981. The van der Waals surface area contributed by atoms with Gasteiger partial charge in [0.2, 0.25) is 11.8 Å². The average molecular weight is 292 g/mol. The summed E-state index contributed by atoms with van der Waals surface area (Å²) >= 11 is 0. The molecule has 0 aromatic carbocycles. The van der Waals surface area contributed by atoms with Crippen molar-refractivity contribution in [3.05, 3.63) is 0 Å². The van der Waals surface area contributed by atoms with Crippen LogP contribution in [0.25, 0.3) is 0 Å². The molecule has 0 aromatic heterocycles. The van der Waals surface area contributed by atoms with Gasteiger partial charge in [-0.2, -0.15) is 0 Å². The summed E-state index contributed by atoms with van der Waals surface area (Å²) in [6.07, 6.45) is 1.25. The largest absolute Gasteiger partial charge is 0.395 e. The number of amides is 2. The van der Waals surface area contributed by atoms with Crippen LogP contribution >= 0.6 is 0 Å². The third-order valence-electron chi connectivity index (χ3n) is 1.76. The molecule has 2 amide bonds. The molecule has 1 unspecified atom stereocenters. The van der Waals surface area contributed by atoms with E-state index >= 15 is 0 Å². The van der Waals surface area contributed by atoms with Gasteiger partial charge >= 0.3 is 0 Å². The van der Waals surface area contributed by atoms with E-state index < -0.39 is 5.92 Å². The lowest BCUT2D eigenvalue weighted by Gasteiger charge is -2.13. The average Bonchev–Trinajstić information content (AvgIpc) is 2.43. The van der Waals surface area contributed by atoms with Crippen LogP contribution in [0.3, 0.4) is 0 Å². The number of hydrogen-bond acceptors (Lipinski definition) is 4. The number of ether oxygens (including phenoxy) is 1. The third kappa shape index (κ3) is 19.2. The van der Waals surface area contributed by atoms with Gasteiger partial charge in [-0.25, -0.2) is 0 Å². The second-order valence-corrected chi connectivity index (χ2v) is 3.82. The van der Waals surface area contributed by atoms with Crippen molar-refractivity contribution in [2.45, 2.75) is 41.0 Å². The van der Waals surface area contributed by atoms with Crippen LogP contribution in [0.1, 0.15) is 41.0 Å². The molecule has 0 rings (SSSR count). The van der Waals surface area contributed by atoms with Gasteiger partial charge < -0.3 is 20.5 Å². The summed E-state index contributed by atoms with van der Waals surface area (Å²) in [6, 6.07) is 0. The Hall–Kier alpha value is -1.14. The molecule has 0 aliphatic heterocycles. The maximum atomic E-state index is 11.3. The second kappa shape index (κ2) is 20.2. The molecule has 1 atom stereocenters. The van der Waals surface area contributed by atoms with E-state index in [-0.39, 0.29) is 25.0 Å². The molecule has 3 N–H and O–H groups in total. The molecule has 0 fully saturated rings. The quantitative estimate of drug-likeness (QED) is 0.609. The zero-order chi connectivity index (χ0) is 16.4. The van der Waals surface area contributed by atoms with Crippen LogP contribution in [-0.4, -0.2) is 50.3 Å². The molecule has 0 spiro atoms. The van der Waals surface area contributed by atoms with Gasteiger partial charge in [-0.05, 0) is 0 Å². The highest BCUT2D eigenvalue weighted by Crippen LogP contribution is 1.94. The lowest BCUT2D eigenvalue weighted by Crippen LogP contribution is -2.39. The first-order chi connectivity index (χ1) is 9.53. The van der Waals surface area contributed by atoms with Crippen molar-refractivity contribution >= 4 is 11.8 Å². The molecule has 0 saturated carbocycles. The monoisotopic (exact) mass is 292 g/mol. The lowest BCUT2D eigenvalue weighted by atomic mass is 10.1. The number of rotatable bonds is 7. The normalized spacial score (nSPS) is 10.2. The van der Waals surface area contributed by atoms with E-state index in [2.05, 4.69) is 24.5 Å². The Kier molecular flexibility index (Phi) is 24.1. The van der Waals surface area contributed by atoms with Gasteiger partial charge in [0, 0.05) is 27.1 Å². The Bertz CT molecular complexity index is 223. The van der Waals surface area contributed by atoms with Crippen molar-refractivity contribution in [3.8, 4) is 0 Å². The number of aliphatic hydroxyl groups excluding tert-OH is 1. The molecule has 0 bridgehead atoms. The maximum absolute atomic E-state index is 11.3. The summed E-state index contributed by atoms with van der Waals surface area (Å²) in [5.41, 5.74) is 0. The molecule has 0 radical (unpaired) electrons. The standard InChI is InChI=1S/C9H18N2O4.C3H8.C2H6/c1-7(13)10-3-4-11-9(14)8(5-12)6-15-2;1-3-2;1-2/h8,12H,3-6H2,1-2H3,(H,10,13)(H,11,14);3H2,1-2H3;1-2H3. The van der Waals surface area contributed by atoms with E-state index in [1.54, 1.807) is 0 Å². The van der Waals surface area contributed by atoms with E-state index in [0.29, 0.717) is 13.1 Å². The van der Waals surface area contributed by atoms with Gasteiger partial charge in [0.15, 0.2) is 0 Å². The fraction of sp³-hybridized carbons (Fsp3) is 0.857. The molecule has 6 heteroatoms. The molecule has 0 saturated heterocycles. The summed E-state index contributed by atoms with van der Waals surface area (Å²) in [5, 5.41) is 14.0. The van der Waals surface area contributed by atoms with E-state index in [9.17, 15) is 9.59 Å². The smallest absolute Gasteiger partial charge is 0.227 e. The Labute approximate surface area is 123 Å². The summed E-state index contributed by atoms with van der Waals surface area (Å²) < 4.78 is 4.77. The second-order valence-electron chi connectivity index (χ2n) is 3.82. The lowest BCUT2D eigenvalue weighted by molar-refractivity contribution is -0.128. The molecular weight excluding hydrogens is 260 g/mol. The predicted octanol–water partition coefficient (Wildman–Crippen LogP) is 0.936. The Balaban J connectivity index is -0.000000505. The van der Waals surface area contributed by atoms with Gasteiger partial charge in [-0.15, -0.1) is 0 Å². The highest BCUT2D eigenvalue weighted by molar-refractivity contribution is 5.79. The highest BCUT2D eigenvalue weighted by atomic mass is 16.5. The number of carbonyl (C=O) groups excluding carboxylic acids is 2. The number of aliphatic hydroxyl groups is 1. The van der Waals surface area contributed by atoms with Crippen molar-refractivity contribution in [2.24, 2.45) is 5.92 Å². The Morgan fingerprint density at radius 2 is 1.60 bits per heavy atom. The van der Waals surface area contributed by atoms with E-state index in [1.165, 1.54) is 20.5 Å². The minimum atomic E-state index is -0.549. The molecule has 20 heavy (non-hydrogen) atoms. The van der Waals surface area contributed by atoms with Crippen molar-refractivity contribution < 1.29 is 19.4 Å². The molecule has 0 heterocycles. The van der Waals surface area contributed by atoms with Crippen LogP contribution in [0, 0.1) is 5.92 Å². The van der Waals surface area contributed by atoms with E-state index in [0.717, 1.165) is 0 Å². The van der Waals surface area contributed by atoms with E-state index in [1.807, 2.05) is 13.8 Å². The van der Waals surface area contributed by atoms with Crippen molar-refractivity contribution in [1.29, 1.82) is 0 Å². The number of hydrogen-bond donors (Lipinski definition) is 3. The zero-order valence-electron chi connectivity index (χ0n) is 13.8. The van der Waals surface area contributed by atoms with Crippen molar-refractivity contribution in [1.82, 2.24) is 10.6 Å². The molecular formula is C14H32N2O4.